The van der Waals surface area contributed by atoms with Crippen LogP contribution in [-0.4, -0.2) is 16.9 Å². The van der Waals surface area contributed by atoms with Crippen molar-refractivity contribution >= 4 is 22.5 Å². The van der Waals surface area contributed by atoms with E-state index in [2.05, 4.69) is 15.8 Å². The van der Waals surface area contributed by atoms with Crippen LogP contribution < -0.4 is 5.32 Å². The molecular weight excluding hydrogens is 286 g/mol. The minimum absolute atomic E-state index is 0.331. The molecule has 0 fully saturated rings. The van der Waals surface area contributed by atoms with Gasteiger partial charge in [0.05, 0.1) is 23.9 Å². The average Bonchev–Trinajstić information content (AvgIpc) is 2.86. The first-order chi connectivity index (χ1) is 10.2. The highest BCUT2D eigenvalue weighted by Gasteiger charge is 2.19. The predicted octanol–water partition coefficient (Wildman–Crippen LogP) is 3.11. The number of anilines is 1. The molecule has 0 saturated carbocycles. The van der Waals surface area contributed by atoms with Crippen molar-refractivity contribution in [3.63, 3.8) is 0 Å². The fourth-order valence-electron chi connectivity index (χ4n) is 1.87. The van der Waals surface area contributed by atoms with Crippen molar-refractivity contribution in [3.8, 4) is 6.07 Å². The zero-order chi connectivity index (χ0) is 15.2. The third kappa shape index (κ3) is 3.58. The number of aromatic nitrogens is 1. The van der Waals surface area contributed by atoms with E-state index in [-0.39, 0.29) is 5.97 Å². The van der Waals surface area contributed by atoms with E-state index in [1.54, 1.807) is 19.9 Å². The van der Waals surface area contributed by atoms with E-state index in [0.29, 0.717) is 35.0 Å². The number of nitrogens with zero attached hydrogens (tertiary/aromatic N) is 2. The molecule has 0 amide bonds. The van der Waals surface area contributed by atoms with Gasteiger partial charge >= 0.3 is 5.97 Å². The number of nitrogens with one attached hydrogen (secondary N) is 1. The average molecular weight is 301 g/mol. The second-order valence-corrected chi connectivity index (χ2v) is 5.13. The van der Waals surface area contributed by atoms with Crippen LogP contribution in [0.2, 0.25) is 0 Å². The Bertz CT molecular complexity index is 688. The SMILES string of the molecule is CCOC(=O)c1c(C)nsc1NCc1cccc(C#N)c1. The first-order valence-corrected chi connectivity index (χ1v) is 7.29. The highest BCUT2D eigenvalue weighted by Crippen LogP contribution is 2.26. The molecule has 0 aliphatic rings. The van der Waals surface area contributed by atoms with E-state index < -0.39 is 0 Å². The van der Waals surface area contributed by atoms with E-state index in [1.807, 2.05) is 18.2 Å². The normalized spacial score (nSPS) is 9.95. The lowest BCUT2D eigenvalue weighted by molar-refractivity contribution is 0.0527. The summed E-state index contributed by atoms with van der Waals surface area (Å²) in [6.45, 7) is 4.40. The van der Waals surface area contributed by atoms with Gasteiger partial charge in [-0.15, -0.1) is 0 Å². The number of ether oxygens (including phenoxy) is 1. The van der Waals surface area contributed by atoms with Crippen LogP contribution in [0.15, 0.2) is 24.3 Å². The Hall–Kier alpha value is -2.39. The summed E-state index contributed by atoms with van der Waals surface area (Å²) in [6.07, 6.45) is 0. The van der Waals surface area contributed by atoms with Crippen LogP contribution in [0.3, 0.4) is 0 Å². The lowest BCUT2D eigenvalue weighted by Crippen LogP contribution is -2.09. The summed E-state index contributed by atoms with van der Waals surface area (Å²) in [6, 6.07) is 9.42. The molecule has 108 valence electrons. The molecule has 0 unspecified atom stereocenters. The third-order valence-corrected chi connectivity index (χ3v) is 3.75. The molecular formula is C15H15N3O2S. The Labute approximate surface area is 127 Å². The molecule has 0 atom stereocenters. The first-order valence-electron chi connectivity index (χ1n) is 6.52. The van der Waals surface area contributed by atoms with Crippen molar-refractivity contribution in [1.29, 1.82) is 5.26 Å². The van der Waals surface area contributed by atoms with Crippen molar-refractivity contribution in [2.45, 2.75) is 20.4 Å². The minimum atomic E-state index is -0.364. The van der Waals surface area contributed by atoms with Crippen LogP contribution >= 0.6 is 11.5 Å². The summed E-state index contributed by atoms with van der Waals surface area (Å²) >= 11 is 1.23. The van der Waals surface area contributed by atoms with Gasteiger partial charge in [0.2, 0.25) is 0 Å². The van der Waals surface area contributed by atoms with Gasteiger partial charge in [0.25, 0.3) is 0 Å². The minimum Gasteiger partial charge on any atom is -0.462 e. The Kier molecular flexibility index (Phi) is 4.90. The summed E-state index contributed by atoms with van der Waals surface area (Å²) in [4.78, 5) is 11.9. The van der Waals surface area contributed by atoms with Gasteiger partial charge < -0.3 is 10.1 Å². The number of hydrogen-bond acceptors (Lipinski definition) is 6. The molecule has 0 spiro atoms. The van der Waals surface area contributed by atoms with E-state index >= 15 is 0 Å². The Morgan fingerprint density at radius 3 is 3.05 bits per heavy atom. The molecule has 0 radical (unpaired) electrons. The number of hydrogen-bond donors (Lipinski definition) is 1. The molecule has 0 aliphatic heterocycles. The van der Waals surface area contributed by atoms with Gasteiger partial charge in [-0.25, -0.2) is 4.79 Å². The fourth-order valence-corrected chi connectivity index (χ4v) is 2.65. The zero-order valence-corrected chi connectivity index (χ0v) is 12.7. The van der Waals surface area contributed by atoms with Gasteiger partial charge in [-0.05, 0) is 43.1 Å². The van der Waals surface area contributed by atoms with Gasteiger partial charge in [-0.2, -0.15) is 9.64 Å². The maximum Gasteiger partial charge on any atom is 0.343 e. The maximum absolute atomic E-state index is 11.9. The molecule has 1 aromatic heterocycles. The van der Waals surface area contributed by atoms with Crippen LogP contribution in [0, 0.1) is 18.3 Å². The van der Waals surface area contributed by atoms with Crippen molar-refractivity contribution in [1.82, 2.24) is 4.37 Å². The fraction of sp³-hybridized carbons (Fsp3) is 0.267. The lowest BCUT2D eigenvalue weighted by atomic mass is 10.1. The molecule has 0 saturated heterocycles. The second-order valence-electron chi connectivity index (χ2n) is 4.36. The monoisotopic (exact) mass is 301 g/mol. The van der Waals surface area contributed by atoms with Crippen molar-refractivity contribution < 1.29 is 9.53 Å². The van der Waals surface area contributed by atoms with Gasteiger partial charge in [-0.3, -0.25) is 0 Å². The number of esters is 1. The molecule has 1 N–H and O–H groups in total. The van der Waals surface area contributed by atoms with E-state index in [9.17, 15) is 4.79 Å². The van der Waals surface area contributed by atoms with E-state index in [4.69, 9.17) is 10.00 Å². The zero-order valence-electron chi connectivity index (χ0n) is 11.8. The highest BCUT2D eigenvalue weighted by atomic mass is 32.1. The highest BCUT2D eigenvalue weighted by molar-refractivity contribution is 7.10. The van der Waals surface area contributed by atoms with Gasteiger partial charge in [0.1, 0.15) is 10.6 Å². The predicted molar refractivity (Wildman–Crippen MR) is 81.3 cm³/mol. The number of benzene rings is 1. The third-order valence-electron chi connectivity index (χ3n) is 2.85. The summed E-state index contributed by atoms with van der Waals surface area (Å²) in [5, 5.41) is 12.8. The molecule has 1 heterocycles. The summed E-state index contributed by atoms with van der Waals surface area (Å²) < 4.78 is 9.23. The van der Waals surface area contributed by atoms with Crippen molar-refractivity contribution in [2.75, 3.05) is 11.9 Å². The van der Waals surface area contributed by atoms with Crippen LogP contribution in [0.5, 0.6) is 0 Å². The van der Waals surface area contributed by atoms with Crippen LogP contribution in [-0.2, 0) is 11.3 Å². The Morgan fingerprint density at radius 1 is 1.52 bits per heavy atom. The number of carbonyl (C=O) groups is 1. The van der Waals surface area contributed by atoms with Gasteiger partial charge in [0.15, 0.2) is 0 Å². The largest absolute Gasteiger partial charge is 0.462 e. The summed E-state index contributed by atoms with van der Waals surface area (Å²) in [7, 11) is 0. The smallest absolute Gasteiger partial charge is 0.343 e. The van der Waals surface area contributed by atoms with Gasteiger partial charge in [-0.1, -0.05) is 12.1 Å². The molecule has 21 heavy (non-hydrogen) atoms. The first kappa shape index (κ1) is 15.0. The molecule has 6 heteroatoms. The molecule has 5 nitrogen and oxygen atoms in total. The van der Waals surface area contributed by atoms with Crippen LogP contribution in [0.1, 0.15) is 34.1 Å². The van der Waals surface area contributed by atoms with Crippen LogP contribution in [0.4, 0.5) is 5.00 Å². The molecule has 0 bridgehead atoms. The second kappa shape index (κ2) is 6.86. The maximum atomic E-state index is 11.9. The van der Waals surface area contributed by atoms with Gasteiger partial charge in [0, 0.05) is 6.54 Å². The molecule has 2 rings (SSSR count). The Morgan fingerprint density at radius 2 is 2.33 bits per heavy atom. The lowest BCUT2D eigenvalue weighted by Gasteiger charge is -2.07. The molecule has 1 aromatic carbocycles. The Balaban J connectivity index is 2.13. The number of carbonyl (C=O) groups excluding carboxylic acids is 1. The summed E-state index contributed by atoms with van der Waals surface area (Å²) in [5.41, 5.74) is 2.72. The topological polar surface area (TPSA) is 75.0 Å². The number of rotatable bonds is 5. The van der Waals surface area contributed by atoms with E-state index in [0.717, 1.165) is 5.56 Å². The molecule has 0 aliphatic carbocycles. The molecule has 2 aromatic rings. The number of nitriles is 1. The quantitative estimate of drug-likeness (QED) is 0.859. The van der Waals surface area contributed by atoms with E-state index in [1.165, 1.54) is 11.5 Å². The summed E-state index contributed by atoms with van der Waals surface area (Å²) in [5.74, 6) is -0.364. The van der Waals surface area contributed by atoms with Crippen molar-refractivity contribution in [3.05, 3.63) is 46.6 Å². The van der Waals surface area contributed by atoms with Crippen molar-refractivity contribution in [2.24, 2.45) is 0 Å². The number of aryl methyl sites for hydroxylation is 1. The van der Waals surface area contributed by atoms with Crippen LogP contribution in [0.25, 0.3) is 0 Å². The standard InChI is InChI=1S/C15H15N3O2S/c1-3-20-15(19)13-10(2)18-21-14(13)17-9-12-6-4-5-11(7-12)8-16/h4-7,17H,3,9H2,1-2H3.